The predicted octanol–water partition coefficient (Wildman–Crippen LogP) is 3.75. The molecular weight excluding hydrogens is 378 g/mol. The Morgan fingerprint density at radius 2 is 1.97 bits per heavy atom. The molecule has 0 aliphatic carbocycles. The van der Waals surface area contributed by atoms with E-state index in [0.29, 0.717) is 12.3 Å². The first kappa shape index (κ1) is 18.8. The van der Waals surface area contributed by atoms with Crippen molar-refractivity contribution in [2.45, 2.75) is 31.6 Å². The molecule has 154 valence electrons. The van der Waals surface area contributed by atoms with Crippen molar-refractivity contribution >= 4 is 11.9 Å². The Labute approximate surface area is 175 Å². The van der Waals surface area contributed by atoms with Crippen LogP contribution in [0.2, 0.25) is 0 Å². The number of hydrogen-bond acceptors (Lipinski definition) is 6. The highest BCUT2D eigenvalue weighted by Crippen LogP contribution is 2.34. The first-order chi connectivity index (χ1) is 14.8. The number of piperidine rings is 1. The number of carbonyl (C=O) groups excluding carboxylic acids is 1. The minimum Gasteiger partial charge on any atom is -0.459 e. The molecule has 30 heavy (non-hydrogen) atoms. The van der Waals surface area contributed by atoms with E-state index >= 15 is 0 Å². The highest BCUT2D eigenvalue weighted by Gasteiger charge is 2.30. The Morgan fingerprint density at radius 1 is 1.07 bits per heavy atom. The zero-order valence-corrected chi connectivity index (χ0v) is 16.9. The van der Waals surface area contributed by atoms with Crippen LogP contribution in [0.4, 0.5) is 5.95 Å². The predicted molar refractivity (Wildman–Crippen MR) is 113 cm³/mol. The van der Waals surface area contributed by atoms with Gasteiger partial charge in [0.05, 0.1) is 12.0 Å². The topological polar surface area (TPSA) is 75.4 Å². The summed E-state index contributed by atoms with van der Waals surface area (Å²) in [6.07, 6.45) is 11.4. The summed E-state index contributed by atoms with van der Waals surface area (Å²) in [5.41, 5.74) is 3.02. The largest absolute Gasteiger partial charge is 0.459 e. The fourth-order valence-electron chi connectivity index (χ4n) is 4.45. The smallest absolute Gasteiger partial charge is 0.289 e. The van der Waals surface area contributed by atoms with Crippen molar-refractivity contribution in [1.82, 2.24) is 19.9 Å². The lowest BCUT2D eigenvalue weighted by atomic mass is 9.90. The van der Waals surface area contributed by atoms with E-state index in [1.165, 1.54) is 12.8 Å². The zero-order valence-electron chi connectivity index (χ0n) is 16.9. The van der Waals surface area contributed by atoms with Gasteiger partial charge in [-0.05, 0) is 43.9 Å². The SMILES string of the molecule is O=C(c1ccco1)N1CCCC(c2nc(N3CCCC3)ncc2-c2cccnc2)C1. The van der Waals surface area contributed by atoms with Crippen molar-refractivity contribution in [2.75, 3.05) is 31.1 Å². The second-order valence-electron chi connectivity index (χ2n) is 7.97. The van der Waals surface area contributed by atoms with Gasteiger partial charge in [0.2, 0.25) is 5.95 Å². The van der Waals surface area contributed by atoms with Gasteiger partial charge in [0.1, 0.15) is 0 Å². The van der Waals surface area contributed by atoms with Gasteiger partial charge in [-0.1, -0.05) is 6.07 Å². The lowest BCUT2D eigenvalue weighted by Crippen LogP contribution is -2.39. The van der Waals surface area contributed by atoms with Crippen LogP contribution in [0.5, 0.6) is 0 Å². The Kier molecular flexibility index (Phi) is 5.17. The maximum Gasteiger partial charge on any atom is 0.289 e. The molecule has 0 spiro atoms. The van der Waals surface area contributed by atoms with Crippen LogP contribution in [0.1, 0.15) is 47.8 Å². The number of nitrogens with zero attached hydrogens (tertiary/aromatic N) is 5. The molecule has 2 fully saturated rings. The molecule has 5 heterocycles. The van der Waals surface area contributed by atoms with Gasteiger partial charge in [-0.2, -0.15) is 0 Å². The van der Waals surface area contributed by atoms with Gasteiger partial charge in [-0.3, -0.25) is 9.78 Å². The Bertz CT molecular complexity index is 1000. The summed E-state index contributed by atoms with van der Waals surface area (Å²) in [5.74, 6) is 1.28. The summed E-state index contributed by atoms with van der Waals surface area (Å²) in [5, 5.41) is 0. The highest BCUT2D eigenvalue weighted by atomic mass is 16.3. The number of anilines is 1. The molecule has 0 saturated carbocycles. The Hall–Kier alpha value is -3.22. The molecule has 0 radical (unpaired) electrons. The number of amides is 1. The van der Waals surface area contributed by atoms with Gasteiger partial charge in [0, 0.05) is 61.8 Å². The average molecular weight is 403 g/mol. The second kappa shape index (κ2) is 8.26. The third-order valence-corrected chi connectivity index (χ3v) is 5.99. The van der Waals surface area contributed by atoms with Crippen molar-refractivity contribution in [3.8, 4) is 11.1 Å². The maximum atomic E-state index is 12.8. The molecule has 3 aromatic heterocycles. The van der Waals surface area contributed by atoms with Gasteiger partial charge >= 0.3 is 0 Å². The second-order valence-corrected chi connectivity index (χ2v) is 7.97. The van der Waals surface area contributed by atoms with E-state index < -0.39 is 0 Å². The number of hydrogen-bond donors (Lipinski definition) is 0. The molecule has 3 aromatic rings. The van der Waals surface area contributed by atoms with Crippen LogP contribution in [0.25, 0.3) is 11.1 Å². The minimum atomic E-state index is -0.0542. The molecule has 0 N–H and O–H groups in total. The molecule has 1 unspecified atom stereocenters. The molecule has 1 atom stereocenters. The average Bonchev–Trinajstić information content (AvgIpc) is 3.53. The van der Waals surface area contributed by atoms with Crippen molar-refractivity contribution < 1.29 is 9.21 Å². The fraction of sp³-hybridized carbons (Fsp3) is 0.391. The van der Waals surface area contributed by atoms with Crippen LogP contribution in [0.3, 0.4) is 0 Å². The zero-order chi connectivity index (χ0) is 20.3. The number of aromatic nitrogens is 3. The summed E-state index contributed by atoms with van der Waals surface area (Å²) in [4.78, 5) is 31.0. The first-order valence-electron chi connectivity index (χ1n) is 10.6. The molecule has 2 saturated heterocycles. The van der Waals surface area contributed by atoms with E-state index in [9.17, 15) is 4.79 Å². The normalized spacial score (nSPS) is 19.3. The van der Waals surface area contributed by atoms with Gasteiger partial charge in [-0.25, -0.2) is 9.97 Å². The fourth-order valence-corrected chi connectivity index (χ4v) is 4.45. The summed E-state index contributed by atoms with van der Waals surface area (Å²) in [6.45, 7) is 3.37. The lowest BCUT2D eigenvalue weighted by molar-refractivity contribution is 0.0674. The van der Waals surface area contributed by atoms with E-state index in [2.05, 4.69) is 14.9 Å². The van der Waals surface area contributed by atoms with Crippen LogP contribution in [0.15, 0.2) is 53.5 Å². The standard InChI is InChI=1S/C23H25N5O2/c29-22(20-8-5-13-30-20)28-12-4-7-18(16-28)21-19(17-6-3-9-24-14-17)15-25-23(26-21)27-10-1-2-11-27/h3,5-6,8-9,13-15,18H,1-2,4,7,10-12,16H2. The van der Waals surface area contributed by atoms with Crippen LogP contribution >= 0.6 is 0 Å². The van der Waals surface area contributed by atoms with Crippen LogP contribution in [-0.4, -0.2) is 51.9 Å². The molecule has 0 bridgehead atoms. The van der Waals surface area contributed by atoms with E-state index in [-0.39, 0.29) is 11.8 Å². The van der Waals surface area contributed by atoms with E-state index in [1.54, 1.807) is 24.6 Å². The van der Waals surface area contributed by atoms with E-state index in [1.807, 2.05) is 29.4 Å². The number of pyridine rings is 1. The third kappa shape index (κ3) is 3.67. The minimum absolute atomic E-state index is 0.0542. The van der Waals surface area contributed by atoms with Crippen molar-refractivity contribution in [3.05, 3.63) is 60.6 Å². The van der Waals surface area contributed by atoms with Crippen LogP contribution in [0, 0.1) is 0 Å². The van der Waals surface area contributed by atoms with Crippen molar-refractivity contribution in [2.24, 2.45) is 0 Å². The van der Waals surface area contributed by atoms with E-state index in [0.717, 1.165) is 55.2 Å². The quantitative estimate of drug-likeness (QED) is 0.660. The lowest BCUT2D eigenvalue weighted by Gasteiger charge is -2.33. The van der Waals surface area contributed by atoms with E-state index in [4.69, 9.17) is 9.40 Å². The molecule has 2 aliphatic heterocycles. The number of likely N-dealkylation sites (tertiary alicyclic amines) is 1. The summed E-state index contributed by atoms with van der Waals surface area (Å²) < 4.78 is 5.34. The monoisotopic (exact) mass is 403 g/mol. The Morgan fingerprint density at radius 3 is 2.73 bits per heavy atom. The first-order valence-corrected chi connectivity index (χ1v) is 10.6. The van der Waals surface area contributed by atoms with Gasteiger partial charge in [0.25, 0.3) is 5.91 Å². The highest BCUT2D eigenvalue weighted by molar-refractivity contribution is 5.91. The van der Waals surface area contributed by atoms with Gasteiger partial charge in [0.15, 0.2) is 5.76 Å². The van der Waals surface area contributed by atoms with Crippen molar-refractivity contribution in [1.29, 1.82) is 0 Å². The molecule has 7 nitrogen and oxygen atoms in total. The van der Waals surface area contributed by atoms with Gasteiger partial charge in [-0.15, -0.1) is 0 Å². The van der Waals surface area contributed by atoms with Gasteiger partial charge < -0.3 is 14.2 Å². The summed E-state index contributed by atoms with van der Waals surface area (Å²) >= 11 is 0. The summed E-state index contributed by atoms with van der Waals surface area (Å²) in [7, 11) is 0. The molecule has 1 amide bonds. The molecule has 0 aromatic carbocycles. The molecular formula is C23H25N5O2. The number of furan rings is 1. The maximum absolute atomic E-state index is 12.8. The molecule has 2 aliphatic rings. The molecule has 5 rings (SSSR count). The number of carbonyl (C=O) groups is 1. The van der Waals surface area contributed by atoms with Crippen molar-refractivity contribution in [3.63, 3.8) is 0 Å². The number of rotatable bonds is 4. The van der Waals surface area contributed by atoms with Crippen LogP contribution < -0.4 is 4.90 Å². The third-order valence-electron chi connectivity index (χ3n) is 5.99. The molecule has 7 heteroatoms. The summed E-state index contributed by atoms with van der Waals surface area (Å²) in [6, 6.07) is 7.45. The Balaban J connectivity index is 1.49. The van der Waals surface area contributed by atoms with Crippen LogP contribution in [-0.2, 0) is 0 Å².